The lowest BCUT2D eigenvalue weighted by Gasteiger charge is -2.23. The molecular weight excluding hydrogens is 561 g/mol. The molecule has 1 saturated carbocycles. The highest BCUT2D eigenvalue weighted by atomic mass is 32.2. The van der Waals surface area contributed by atoms with Crippen molar-refractivity contribution >= 4 is 40.7 Å². The lowest BCUT2D eigenvalue weighted by molar-refractivity contribution is -0.0367. The van der Waals surface area contributed by atoms with Gasteiger partial charge in [-0.3, -0.25) is 14.7 Å². The van der Waals surface area contributed by atoms with E-state index < -0.39 is 5.82 Å². The van der Waals surface area contributed by atoms with Gasteiger partial charge in [0, 0.05) is 40.6 Å². The number of hydrogen-bond donors (Lipinski definition) is 1. The van der Waals surface area contributed by atoms with Crippen LogP contribution in [0.4, 0.5) is 4.39 Å². The molecule has 2 saturated heterocycles. The van der Waals surface area contributed by atoms with Crippen LogP contribution in [0.3, 0.4) is 0 Å². The van der Waals surface area contributed by atoms with E-state index in [2.05, 4.69) is 39.5 Å². The van der Waals surface area contributed by atoms with Crippen molar-refractivity contribution in [3.63, 3.8) is 0 Å². The molecule has 9 heteroatoms. The summed E-state index contributed by atoms with van der Waals surface area (Å²) in [5.41, 5.74) is 4.32. The molecule has 0 spiro atoms. The molecule has 2 aromatic heterocycles. The van der Waals surface area contributed by atoms with Crippen LogP contribution in [0.2, 0.25) is 0 Å². The Morgan fingerprint density at radius 3 is 2.67 bits per heavy atom. The molecule has 1 N–H and O–H groups in total. The zero-order valence-corrected chi connectivity index (χ0v) is 25.0. The van der Waals surface area contributed by atoms with Crippen molar-refractivity contribution in [3.05, 3.63) is 83.1 Å². The number of rotatable bonds is 9. The van der Waals surface area contributed by atoms with Crippen molar-refractivity contribution in [2.75, 3.05) is 19.7 Å². The smallest absolute Gasteiger partial charge is 0.252 e. The normalized spacial score (nSPS) is 19.4. The van der Waals surface area contributed by atoms with Gasteiger partial charge in [0.25, 0.3) is 5.91 Å². The second kappa shape index (κ2) is 12.6. The first-order valence-electron chi connectivity index (χ1n) is 15.4. The first-order valence-corrected chi connectivity index (χ1v) is 16.2. The molecule has 2 aliphatic heterocycles. The Morgan fingerprint density at radius 2 is 1.91 bits per heavy atom. The number of likely N-dealkylation sites (tertiary alicyclic amines) is 1. The summed E-state index contributed by atoms with van der Waals surface area (Å²) in [5.74, 6) is -0.642. The van der Waals surface area contributed by atoms with Crippen molar-refractivity contribution in [2.24, 2.45) is 0 Å². The van der Waals surface area contributed by atoms with Crippen LogP contribution in [-0.4, -0.2) is 51.3 Å². The molecule has 7 rings (SSSR count). The molecule has 222 valence electrons. The first kappa shape index (κ1) is 28.3. The summed E-state index contributed by atoms with van der Waals surface area (Å²) < 4.78 is 22.3. The van der Waals surface area contributed by atoms with E-state index in [1.54, 1.807) is 6.07 Å². The fourth-order valence-electron chi connectivity index (χ4n) is 5.84. The number of halogens is 1. The van der Waals surface area contributed by atoms with Crippen molar-refractivity contribution in [1.82, 2.24) is 25.0 Å². The van der Waals surface area contributed by atoms with Crippen molar-refractivity contribution < 1.29 is 13.9 Å². The summed E-state index contributed by atoms with van der Waals surface area (Å²) in [5, 5.41) is 9.02. The van der Waals surface area contributed by atoms with E-state index in [0.717, 1.165) is 70.7 Å². The van der Waals surface area contributed by atoms with Gasteiger partial charge in [0.15, 0.2) is 6.23 Å². The number of nitrogens with one attached hydrogen (secondary N) is 1. The fourth-order valence-corrected chi connectivity index (χ4v) is 6.80. The second-order valence-corrected chi connectivity index (χ2v) is 12.8. The summed E-state index contributed by atoms with van der Waals surface area (Å²) in [6.07, 6.45) is 13.5. The Balaban J connectivity index is 1.16. The van der Waals surface area contributed by atoms with Crippen LogP contribution in [0.1, 0.15) is 78.5 Å². The minimum absolute atomic E-state index is 0.132. The molecule has 3 fully saturated rings. The Bertz CT molecular complexity index is 1640. The third kappa shape index (κ3) is 6.69. The average Bonchev–Trinajstić information content (AvgIpc) is 3.55. The minimum atomic E-state index is -0.416. The predicted octanol–water partition coefficient (Wildman–Crippen LogP) is 7.08. The average molecular weight is 598 g/mol. The van der Waals surface area contributed by atoms with Crippen LogP contribution in [0, 0.1) is 5.82 Å². The van der Waals surface area contributed by atoms with Gasteiger partial charge in [0.1, 0.15) is 5.82 Å². The molecule has 0 radical (unpaired) electrons. The second-order valence-electron chi connectivity index (χ2n) is 11.7. The van der Waals surface area contributed by atoms with E-state index in [1.807, 2.05) is 29.1 Å². The summed E-state index contributed by atoms with van der Waals surface area (Å²) >= 11 is 1.46. The first-order chi connectivity index (χ1) is 21.1. The van der Waals surface area contributed by atoms with Gasteiger partial charge >= 0.3 is 0 Å². The monoisotopic (exact) mass is 597 g/mol. The Kier molecular flexibility index (Phi) is 8.28. The Labute approximate surface area is 255 Å². The minimum Gasteiger partial charge on any atom is -0.356 e. The Morgan fingerprint density at radius 1 is 1.02 bits per heavy atom. The molecule has 4 heterocycles. The maximum Gasteiger partial charge on any atom is 0.252 e. The van der Waals surface area contributed by atoms with E-state index in [9.17, 15) is 9.18 Å². The molecule has 1 unspecified atom stereocenters. The van der Waals surface area contributed by atoms with Gasteiger partial charge in [-0.25, -0.2) is 9.07 Å². The van der Waals surface area contributed by atoms with Crippen LogP contribution in [-0.2, 0) is 11.3 Å². The number of ether oxygens (including phenoxy) is 1. The number of carbonyl (C=O) groups is 1. The molecule has 4 aromatic rings. The number of hydrogen-bond acceptors (Lipinski definition) is 6. The van der Waals surface area contributed by atoms with E-state index in [0.29, 0.717) is 12.2 Å². The fraction of sp³-hybridized carbons (Fsp3) is 0.382. The lowest BCUT2D eigenvalue weighted by Crippen LogP contribution is -2.26. The highest BCUT2D eigenvalue weighted by molar-refractivity contribution is 7.99. The number of benzene rings is 2. The molecule has 7 nitrogen and oxygen atoms in total. The van der Waals surface area contributed by atoms with Crippen molar-refractivity contribution in [2.45, 2.75) is 73.6 Å². The van der Waals surface area contributed by atoms with Crippen molar-refractivity contribution in [1.29, 1.82) is 0 Å². The van der Waals surface area contributed by atoms with Crippen LogP contribution in [0.15, 0.2) is 64.5 Å². The molecule has 0 bridgehead atoms. The summed E-state index contributed by atoms with van der Waals surface area (Å²) in [6.45, 7) is 4.01. The van der Waals surface area contributed by atoms with E-state index in [-0.39, 0.29) is 18.2 Å². The van der Waals surface area contributed by atoms with E-state index >= 15 is 0 Å². The number of amides is 1. The molecule has 1 atom stereocenters. The zero-order valence-electron chi connectivity index (χ0n) is 24.2. The highest BCUT2D eigenvalue weighted by Crippen LogP contribution is 2.36. The standard InChI is InChI=1S/C34H36FN5O2S/c35-24-7-15-32(29(19-24)34(41)37-26-9-10-26)43-27-12-13-28-30(38-40(31(28)20-27)33-5-1-4-18-42-33)14-11-25-8-6-23(21-36-25)22-39-16-2-3-17-39/h6-8,11-15,19-21,26,33H,1-5,9-10,16-18,22H2,(H,37,41)/b14-11+. The molecule has 43 heavy (non-hydrogen) atoms. The molecular formula is C34H36FN5O2S. The molecule has 3 aliphatic rings. The van der Waals surface area contributed by atoms with E-state index in [1.165, 1.54) is 55.4 Å². The van der Waals surface area contributed by atoms with Crippen molar-refractivity contribution in [3.8, 4) is 0 Å². The SMILES string of the molecule is O=C(NC1CC1)c1cc(F)ccc1Sc1ccc2c(/C=C/c3ccc(CN4CCCC4)cn3)nn(C3CCCCO3)c2c1. The number of fused-ring (bicyclic) bond motifs is 1. The predicted molar refractivity (Wildman–Crippen MR) is 167 cm³/mol. The largest absolute Gasteiger partial charge is 0.356 e. The topological polar surface area (TPSA) is 72.3 Å². The lowest BCUT2D eigenvalue weighted by atomic mass is 10.1. The van der Waals surface area contributed by atoms with Crippen LogP contribution < -0.4 is 5.32 Å². The van der Waals surface area contributed by atoms with Gasteiger partial charge < -0.3 is 10.1 Å². The zero-order chi connectivity index (χ0) is 29.2. The number of aromatic nitrogens is 3. The summed E-state index contributed by atoms with van der Waals surface area (Å²) in [4.78, 5) is 21.7. The van der Waals surface area contributed by atoms with Gasteiger partial charge in [-0.05, 0) is 118 Å². The van der Waals surface area contributed by atoms with Crippen LogP contribution >= 0.6 is 11.8 Å². The maximum atomic E-state index is 14.1. The number of nitrogens with zero attached hydrogens (tertiary/aromatic N) is 4. The maximum absolute atomic E-state index is 14.1. The molecule has 2 aromatic carbocycles. The van der Waals surface area contributed by atoms with Gasteiger partial charge in [0.2, 0.25) is 0 Å². The third-order valence-corrected chi connectivity index (χ3v) is 9.39. The highest BCUT2D eigenvalue weighted by Gasteiger charge is 2.26. The molecule has 1 amide bonds. The third-order valence-electron chi connectivity index (χ3n) is 8.33. The van der Waals surface area contributed by atoms with Gasteiger partial charge in [-0.1, -0.05) is 17.8 Å². The van der Waals surface area contributed by atoms with Crippen LogP contribution in [0.5, 0.6) is 0 Å². The quantitative estimate of drug-likeness (QED) is 0.222. The number of carbonyl (C=O) groups excluding carboxylic acids is 1. The summed E-state index contributed by atoms with van der Waals surface area (Å²) in [7, 11) is 0. The van der Waals surface area contributed by atoms with E-state index in [4.69, 9.17) is 9.84 Å². The van der Waals surface area contributed by atoms with Gasteiger partial charge in [-0.2, -0.15) is 5.10 Å². The summed E-state index contributed by atoms with van der Waals surface area (Å²) in [6, 6.07) is 15.1. The number of pyridine rings is 1. The molecule has 1 aliphatic carbocycles. The van der Waals surface area contributed by atoms with Crippen LogP contribution in [0.25, 0.3) is 23.1 Å². The van der Waals surface area contributed by atoms with Gasteiger partial charge in [-0.15, -0.1) is 0 Å². The Hall–Kier alpha value is -3.53. The van der Waals surface area contributed by atoms with Gasteiger partial charge in [0.05, 0.1) is 22.5 Å².